The quantitative estimate of drug-likeness (QED) is 0.222. The van der Waals surface area contributed by atoms with Crippen molar-refractivity contribution in [2.24, 2.45) is 0 Å². The largest absolute Gasteiger partial charge is 0.478 e. The zero-order chi connectivity index (χ0) is 25.4. The fraction of sp³-hybridized carbons (Fsp3) is 0.0833. The maximum absolute atomic E-state index is 12.8. The Morgan fingerprint density at radius 1 is 1.06 bits per heavy atom. The number of nitrogens with two attached hydrogens (primary N) is 1. The summed E-state index contributed by atoms with van der Waals surface area (Å²) >= 11 is 0. The number of hydrogen-bond donors (Lipinski definition) is 3. The monoisotopic (exact) mass is 505 g/mol. The minimum atomic E-state index is -3.91. The molecule has 2 heterocycles. The first-order valence-corrected chi connectivity index (χ1v) is 12.2. The molecule has 0 atom stereocenters. The maximum Gasteiger partial charge on any atom is 0.335 e. The number of nitrogens with one attached hydrogen (secondary N) is 1. The lowest BCUT2D eigenvalue weighted by Crippen LogP contribution is -2.27. The summed E-state index contributed by atoms with van der Waals surface area (Å²) < 4.78 is 34.8. The molecule has 0 saturated heterocycles. The van der Waals surface area contributed by atoms with Crippen LogP contribution in [0.2, 0.25) is 0 Å². The van der Waals surface area contributed by atoms with E-state index >= 15 is 0 Å². The smallest absolute Gasteiger partial charge is 0.335 e. The number of benzene rings is 3. The van der Waals surface area contributed by atoms with E-state index in [-0.39, 0.29) is 29.0 Å². The number of aromatic carboxylic acids is 1. The van der Waals surface area contributed by atoms with Crippen LogP contribution in [-0.2, 0) is 16.6 Å². The average Bonchev–Trinajstić information content (AvgIpc) is 3.32. The van der Waals surface area contributed by atoms with Crippen LogP contribution in [0.4, 0.5) is 5.69 Å². The number of carbonyl (C=O) groups is 1. The van der Waals surface area contributed by atoms with Gasteiger partial charge < -0.3 is 15.3 Å². The third-order valence-corrected chi connectivity index (χ3v) is 7.01. The van der Waals surface area contributed by atoms with Crippen molar-refractivity contribution in [1.29, 1.82) is 0 Å². The first-order valence-electron chi connectivity index (χ1n) is 10.7. The van der Waals surface area contributed by atoms with E-state index in [4.69, 9.17) is 15.3 Å². The molecular formula is C24H19N5O6S. The number of nitrogen functional groups attached to an aromatic ring is 1. The third kappa shape index (κ3) is 4.42. The number of hydrogen-bond acceptors (Lipinski definition) is 8. The maximum atomic E-state index is 12.8. The molecule has 36 heavy (non-hydrogen) atoms. The van der Waals surface area contributed by atoms with E-state index < -0.39 is 16.0 Å². The fourth-order valence-electron chi connectivity index (χ4n) is 3.74. The highest BCUT2D eigenvalue weighted by Gasteiger charge is 2.16. The molecule has 11 nitrogen and oxygen atoms in total. The second-order valence-electron chi connectivity index (χ2n) is 8.00. The van der Waals surface area contributed by atoms with E-state index in [2.05, 4.69) is 15.0 Å². The molecule has 12 heteroatoms. The van der Waals surface area contributed by atoms with Crippen molar-refractivity contribution >= 4 is 43.6 Å². The van der Waals surface area contributed by atoms with Crippen molar-refractivity contribution in [3.8, 4) is 11.3 Å². The number of nitrogens with zero attached hydrogens (tertiary/aromatic N) is 3. The average molecular weight is 506 g/mol. The molecule has 2 aromatic heterocycles. The van der Waals surface area contributed by atoms with Crippen LogP contribution in [0.1, 0.15) is 10.4 Å². The Labute approximate surface area is 203 Å². The molecule has 5 rings (SSSR count). The van der Waals surface area contributed by atoms with E-state index in [0.717, 1.165) is 6.07 Å². The lowest BCUT2D eigenvalue weighted by molar-refractivity contribution is 0.0696. The van der Waals surface area contributed by atoms with E-state index in [1.54, 1.807) is 42.6 Å². The SMILES string of the molecule is Nc1ccc2c(=O)c3ccc(-c4cn(CCNS(=O)(=O)c5cccc(C(=O)O)c5)nn4)cc3oc2c1. The lowest BCUT2D eigenvalue weighted by atomic mass is 10.1. The number of sulfonamides is 1. The van der Waals surface area contributed by atoms with E-state index in [1.807, 2.05) is 0 Å². The first-order chi connectivity index (χ1) is 17.2. The van der Waals surface area contributed by atoms with Gasteiger partial charge in [0.25, 0.3) is 0 Å². The van der Waals surface area contributed by atoms with Crippen LogP contribution in [0, 0.1) is 0 Å². The van der Waals surface area contributed by atoms with Crippen LogP contribution in [-0.4, -0.2) is 41.0 Å². The highest BCUT2D eigenvalue weighted by Crippen LogP contribution is 2.25. The number of rotatable bonds is 7. The molecule has 5 aromatic rings. The number of aromatic nitrogens is 3. The van der Waals surface area contributed by atoms with Gasteiger partial charge >= 0.3 is 5.97 Å². The van der Waals surface area contributed by atoms with Crippen molar-refractivity contribution < 1.29 is 22.7 Å². The molecule has 0 aliphatic heterocycles. The second kappa shape index (κ2) is 8.91. The Hall–Kier alpha value is -4.55. The number of fused-ring (bicyclic) bond motifs is 2. The Kier molecular flexibility index (Phi) is 5.74. The molecule has 0 fully saturated rings. The van der Waals surface area contributed by atoms with Gasteiger partial charge in [0.05, 0.1) is 34.0 Å². The lowest BCUT2D eigenvalue weighted by Gasteiger charge is -2.07. The summed E-state index contributed by atoms with van der Waals surface area (Å²) in [6, 6.07) is 15.0. The van der Waals surface area contributed by atoms with Gasteiger partial charge in [0.1, 0.15) is 16.9 Å². The highest BCUT2D eigenvalue weighted by molar-refractivity contribution is 7.89. The zero-order valence-electron chi connectivity index (χ0n) is 18.6. The van der Waals surface area contributed by atoms with Crippen molar-refractivity contribution in [3.63, 3.8) is 0 Å². The van der Waals surface area contributed by atoms with Crippen molar-refractivity contribution in [1.82, 2.24) is 19.7 Å². The summed E-state index contributed by atoms with van der Waals surface area (Å²) in [6.45, 7) is 0.180. The summed E-state index contributed by atoms with van der Waals surface area (Å²) in [5.74, 6) is -1.22. The summed E-state index contributed by atoms with van der Waals surface area (Å²) in [7, 11) is -3.91. The normalized spacial score (nSPS) is 11.8. The van der Waals surface area contributed by atoms with Gasteiger partial charge in [-0.1, -0.05) is 17.3 Å². The van der Waals surface area contributed by atoms with Gasteiger partial charge in [0.2, 0.25) is 15.5 Å². The third-order valence-electron chi connectivity index (χ3n) is 5.56. The van der Waals surface area contributed by atoms with Gasteiger partial charge in [-0.25, -0.2) is 17.9 Å². The Bertz CT molecular complexity index is 1810. The first kappa shape index (κ1) is 23.2. The number of carboxylic acid groups (broad SMARTS) is 1. The summed E-state index contributed by atoms with van der Waals surface area (Å²) in [5.41, 5.74) is 7.93. The predicted molar refractivity (Wildman–Crippen MR) is 132 cm³/mol. The topological polar surface area (TPSA) is 170 Å². The number of anilines is 1. The Morgan fingerprint density at radius 2 is 1.81 bits per heavy atom. The molecule has 0 spiro atoms. The summed E-state index contributed by atoms with van der Waals surface area (Å²) in [5, 5.41) is 18.1. The standard InChI is InChI=1S/C24H19N5O6S/c25-16-5-7-19-22(12-16)35-21-11-14(4-6-18(21)23(19)30)20-13-29(28-27-20)9-8-26-36(33,34)17-3-1-2-15(10-17)24(31)32/h1-7,10-13,26H,8-9,25H2,(H,31,32). The minimum absolute atomic E-state index is 0.00242. The van der Waals surface area contributed by atoms with Crippen molar-refractivity contribution in [2.75, 3.05) is 12.3 Å². The Morgan fingerprint density at radius 3 is 2.58 bits per heavy atom. The molecule has 0 saturated carbocycles. The predicted octanol–water partition coefficient (Wildman–Crippen LogP) is 2.46. The zero-order valence-corrected chi connectivity index (χ0v) is 19.4. The molecule has 4 N–H and O–H groups in total. The molecule has 0 aliphatic rings. The van der Waals surface area contributed by atoms with Gasteiger partial charge in [-0.05, 0) is 42.5 Å². The van der Waals surface area contributed by atoms with Gasteiger partial charge in [-0.2, -0.15) is 0 Å². The summed E-state index contributed by atoms with van der Waals surface area (Å²) in [6.07, 6.45) is 1.64. The van der Waals surface area contributed by atoms with Crippen LogP contribution < -0.4 is 15.9 Å². The molecule has 0 bridgehead atoms. The molecule has 0 radical (unpaired) electrons. The Balaban J connectivity index is 1.33. The molecule has 0 amide bonds. The molecule has 0 unspecified atom stereocenters. The van der Waals surface area contributed by atoms with Gasteiger partial charge in [-0.3, -0.25) is 9.48 Å². The molecule has 182 valence electrons. The van der Waals surface area contributed by atoms with E-state index in [9.17, 15) is 18.0 Å². The summed E-state index contributed by atoms with van der Waals surface area (Å²) in [4.78, 5) is 23.7. The van der Waals surface area contributed by atoms with Crippen LogP contribution >= 0.6 is 0 Å². The van der Waals surface area contributed by atoms with Crippen LogP contribution in [0.5, 0.6) is 0 Å². The van der Waals surface area contributed by atoms with Gasteiger partial charge in [0, 0.05) is 23.9 Å². The molecule has 3 aromatic carbocycles. The van der Waals surface area contributed by atoms with Crippen LogP contribution in [0.15, 0.2) is 81.0 Å². The van der Waals surface area contributed by atoms with Crippen molar-refractivity contribution in [2.45, 2.75) is 11.4 Å². The molecule has 0 aliphatic carbocycles. The fourth-order valence-corrected chi connectivity index (χ4v) is 4.81. The van der Waals surface area contributed by atoms with Gasteiger partial charge in [0.15, 0.2) is 0 Å². The molecular weight excluding hydrogens is 486 g/mol. The van der Waals surface area contributed by atoms with E-state index in [1.165, 1.54) is 22.9 Å². The minimum Gasteiger partial charge on any atom is -0.478 e. The highest BCUT2D eigenvalue weighted by atomic mass is 32.2. The second-order valence-corrected chi connectivity index (χ2v) is 9.76. The van der Waals surface area contributed by atoms with Crippen molar-refractivity contribution in [3.05, 3.63) is 82.6 Å². The van der Waals surface area contributed by atoms with Crippen LogP contribution in [0.25, 0.3) is 33.2 Å². The van der Waals surface area contributed by atoms with E-state index in [0.29, 0.717) is 38.9 Å². The van der Waals surface area contributed by atoms with Gasteiger partial charge in [-0.15, -0.1) is 5.10 Å². The number of carboxylic acids is 1. The van der Waals surface area contributed by atoms with Crippen LogP contribution in [0.3, 0.4) is 0 Å².